The van der Waals surface area contributed by atoms with Gasteiger partial charge in [-0.1, -0.05) is 19.1 Å². The van der Waals surface area contributed by atoms with E-state index in [1.165, 1.54) is 12.1 Å². The van der Waals surface area contributed by atoms with E-state index in [4.69, 9.17) is 0 Å². The number of aryl methyl sites for hydroxylation is 1. The van der Waals surface area contributed by atoms with Crippen molar-refractivity contribution in [3.05, 3.63) is 52.0 Å². The molecule has 3 nitrogen and oxygen atoms in total. The second kappa shape index (κ2) is 6.30. The van der Waals surface area contributed by atoms with Crippen LogP contribution < -0.4 is 0 Å². The molecule has 19 heavy (non-hydrogen) atoms. The number of nitrogens with zero attached hydrogens (tertiary/aromatic N) is 2. The Hall–Kier alpha value is -1.20. The first kappa shape index (κ1) is 14.2. The molecule has 1 aromatic heterocycles. The van der Waals surface area contributed by atoms with Gasteiger partial charge in [-0.3, -0.25) is 4.68 Å². The summed E-state index contributed by atoms with van der Waals surface area (Å²) in [4.78, 5) is 0. The van der Waals surface area contributed by atoms with Gasteiger partial charge in [0.2, 0.25) is 0 Å². The van der Waals surface area contributed by atoms with E-state index in [0.717, 1.165) is 28.7 Å². The Balaban J connectivity index is 2.17. The predicted octanol–water partition coefficient (Wildman–Crippen LogP) is 3.47. The molecule has 2 rings (SSSR count). The fourth-order valence-electron chi connectivity index (χ4n) is 2.03. The van der Waals surface area contributed by atoms with E-state index >= 15 is 0 Å². The molecule has 0 aliphatic rings. The van der Waals surface area contributed by atoms with Crippen LogP contribution in [-0.2, 0) is 13.0 Å². The fourth-order valence-corrected chi connectivity index (χ4v) is 2.59. The third kappa shape index (κ3) is 3.42. The van der Waals surface area contributed by atoms with Crippen molar-refractivity contribution < 1.29 is 9.50 Å². The lowest BCUT2D eigenvalue weighted by molar-refractivity contribution is 0.165. The van der Waals surface area contributed by atoms with Gasteiger partial charge >= 0.3 is 0 Å². The van der Waals surface area contributed by atoms with Gasteiger partial charge in [-0.05, 0) is 40.0 Å². The highest BCUT2D eigenvalue weighted by Crippen LogP contribution is 2.26. The molecular formula is C14H16BrFN2O. The molecule has 0 aliphatic carbocycles. The van der Waals surface area contributed by atoms with Gasteiger partial charge in [-0.25, -0.2) is 4.39 Å². The van der Waals surface area contributed by atoms with E-state index in [2.05, 4.69) is 28.0 Å². The molecule has 1 N–H and O–H groups in total. The minimum Gasteiger partial charge on any atom is -0.386 e. The predicted molar refractivity (Wildman–Crippen MR) is 75.3 cm³/mol. The Labute approximate surface area is 120 Å². The quantitative estimate of drug-likeness (QED) is 0.913. The monoisotopic (exact) mass is 326 g/mol. The zero-order chi connectivity index (χ0) is 13.8. The molecule has 2 aromatic rings. The Morgan fingerprint density at radius 2 is 2.05 bits per heavy atom. The Bertz CT molecular complexity index is 539. The van der Waals surface area contributed by atoms with Gasteiger partial charge in [0, 0.05) is 13.0 Å². The highest BCUT2D eigenvalue weighted by molar-refractivity contribution is 9.10. The summed E-state index contributed by atoms with van der Waals surface area (Å²) in [6.45, 7) is 2.83. The van der Waals surface area contributed by atoms with Crippen LogP contribution in [0.15, 0.2) is 34.9 Å². The number of halogens is 2. The van der Waals surface area contributed by atoms with Crippen LogP contribution in [-0.4, -0.2) is 14.9 Å². The summed E-state index contributed by atoms with van der Waals surface area (Å²) >= 11 is 3.41. The Morgan fingerprint density at radius 1 is 1.37 bits per heavy atom. The number of rotatable bonds is 5. The van der Waals surface area contributed by atoms with Crippen LogP contribution in [0, 0.1) is 5.82 Å². The second-order valence-corrected chi connectivity index (χ2v) is 5.30. The van der Waals surface area contributed by atoms with Crippen molar-refractivity contribution in [1.29, 1.82) is 0 Å². The smallest absolute Gasteiger partial charge is 0.123 e. The molecule has 0 amide bonds. The number of aromatic nitrogens is 2. The summed E-state index contributed by atoms with van der Waals surface area (Å²) in [5, 5.41) is 14.6. The summed E-state index contributed by atoms with van der Waals surface area (Å²) < 4.78 is 15.4. The van der Waals surface area contributed by atoms with Crippen LogP contribution in [0.3, 0.4) is 0 Å². The number of benzene rings is 1. The van der Waals surface area contributed by atoms with Gasteiger partial charge in [0.1, 0.15) is 11.9 Å². The van der Waals surface area contributed by atoms with Crippen LogP contribution in [0.5, 0.6) is 0 Å². The largest absolute Gasteiger partial charge is 0.386 e. The summed E-state index contributed by atoms with van der Waals surface area (Å²) in [6, 6.07) is 6.18. The normalized spacial score (nSPS) is 12.6. The maximum atomic E-state index is 12.8. The molecule has 102 valence electrons. The van der Waals surface area contributed by atoms with E-state index in [9.17, 15) is 9.50 Å². The van der Waals surface area contributed by atoms with Crippen LogP contribution >= 0.6 is 15.9 Å². The van der Waals surface area contributed by atoms with Crippen molar-refractivity contribution >= 4 is 15.9 Å². The lowest BCUT2D eigenvalue weighted by Crippen LogP contribution is -2.11. The Kier molecular flexibility index (Phi) is 4.71. The van der Waals surface area contributed by atoms with Crippen LogP contribution in [0.2, 0.25) is 0 Å². The zero-order valence-corrected chi connectivity index (χ0v) is 12.3. The first-order chi connectivity index (χ1) is 9.11. The molecule has 1 heterocycles. The topological polar surface area (TPSA) is 38.0 Å². The molecule has 0 saturated heterocycles. The summed E-state index contributed by atoms with van der Waals surface area (Å²) in [5.41, 5.74) is 1.66. The van der Waals surface area contributed by atoms with E-state index in [1.807, 2.05) is 0 Å². The number of aliphatic hydroxyl groups is 1. The molecule has 1 aromatic carbocycles. The molecule has 0 fully saturated rings. The highest BCUT2D eigenvalue weighted by atomic mass is 79.9. The molecule has 0 spiro atoms. The SMILES string of the molecule is CCCn1ncc(Br)c1C(O)Cc1ccc(F)cc1. The van der Waals surface area contributed by atoms with Crippen molar-refractivity contribution in [2.45, 2.75) is 32.4 Å². The molecule has 0 aliphatic heterocycles. The van der Waals surface area contributed by atoms with Gasteiger partial charge in [0.05, 0.1) is 16.4 Å². The molecule has 1 unspecified atom stereocenters. The number of aliphatic hydroxyl groups excluding tert-OH is 1. The van der Waals surface area contributed by atoms with E-state index in [0.29, 0.717) is 6.42 Å². The maximum absolute atomic E-state index is 12.8. The first-order valence-corrected chi connectivity index (χ1v) is 7.04. The van der Waals surface area contributed by atoms with E-state index < -0.39 is 6.10 Å². The fraction of sp³-hybridized carbons (Fsp3) is 0.357. The van der Waals surface area contributed by atoms with E-state index in [1.54, 1.807) is 23.0 Å². The highest BCUT2D eigenvalue weighted by Gasteiger charge is 2.18. The molecule has 5 heteroatoms. The number of hydrogen-bond acceptors (Lipinski definition) is 2. The van der Waals surface area contributed by atoms with Crippen LogP contribution in [0.1, 0.15) is 30.7 Å². The van der Waals surface area contributed by atoms with Crippen molar-refractivity contribution in [3.8, 4) is 0 Å². The van der Waals surface area contributed by atoms with Crippen molar-refractivity contribution in [1.82, 2.24) is 9.78 Å². The van der Waals surface area contributed by atoms with Crippen LogP contribution in [0.4, 0.5) is 4.39 Å². The van der Waals surface area contributed by atoms with E-state index in [-0.39, 0.29) is 5.82 Å². The van der Waals surface area contributed by atoms with Gasteiger partial charge in [-0.15, -0.1) is 0 Å². The Morgan fingerprint density at radius 3 is 2.68 bits per heavy atom. The molecule has 0 bridgehead atoms. The molecule has 0 saturated carbocycles. The molecule has 1 atom stereocenters. The first-order valence-electron chi connectivity index (χ1n) is 6.25. The summed E-state index contributed by atoms with van der Waals surface area (Å²) in [6.07, 6.45) is 2.42. The summed E-state index contributed by atoms with van der Waals surface area (Å²) in [7, 11) is 0. The van der Waals surface area contributed by atoms with Crippen molar-refractivity contribution in [2.75, 3.05) is 0 Å². The minimum atomic E-state index is -0.658. The maximum Gasteiger partial charge on any atom is 0.123 e. The lowest BCUT2D eigenvalue weighted by Gasteiger charge is -2.14. The minimum absolute atomic E-state index is 0.268. The third-order valence-electron chi connectivity index (χ3n) is 2.93. The van der Waals surface area contributed by atoms with Gasteiger partial charge in [0.25, 0.3) is 0 Å². The lowest BCUT2D eigenvalue weighted by atomic mass is 10.1. The number of hydrogen-bond donors (Lipinski definition) is 1. The van der Waals surface area contributed by atoms with Crippen LogP contribution in [0.25, 0.3) is 0 Å². The van der Waals surface area contributed by atoms with Gasteiger partial charge in [-0.2, -0.15) is 5.10 Å². The molecule has 0 radical (unpaired) electrons. The zero-order valence-electron chi connectivity index (χ0n) is 10.7. The van der Waals surface area contributed by atoms with Gasteiger partial charge < -0.3 is 5.11 Å². The second-order valence-electron chi connectivity index (χ2n) is 4.45. The van der Waals surface area contributed by atoms with Crippen molar-refractivity contribution in [2.24, 2.45) is 0 Å². The van der Waals surface area contributed by atoms with Crippen molar-refractivity contribution in [3.63, 3.8) is 0 Å². The standard InChI is InChI=1S/C14H16BrFN2O/c1-2-7-18-14(12(15)9-17-18)13(19)8-10-3-5-11(16)6-4-10/h3-6,9,13,19H,2,7-8H2,1H3. The average molecular weight is 327 g/mol. The molecular weight excluding hydrogens is 311 g/mol. The average Bonchev–Trinajstić information content (AvgIpc) is 2.74. The summed E-state index contributed by atoms with van der Waals surface area (Å²) in [5.74, 6) is -0.268. The third-order valence-corrected chi connectivity index (χ3v) is 3.54. The van der Waals surface area contributed by atoms with Gasteiger partial charge in [0.15, 0.2) is 0 Å².